The van der Waals surface area contributed by atoms with Gasteiger partial charge in [-0.1, -0.05) is 62.7 Å². The lowest BCUT2D eigenvalue weighted by Gasteiger charge is -2.19. The van der Waals surface area contributed by atoms with E-state index in [9.17, 15) is 4.79 Å². The zero-order valence-electron chi connectivity index (χ0n) is 19.7. The van der Waals surface area contributed by atoms with Gasteiger partial charge in [-0.2, -0.15) is 9.78 Å². The van der Waals surface area contributed by atoms with Gasteiger partial charge in [0.15, 0.2) is 5.76 Å². The predicted molar refractivity (Wildman–Crippen MR) is 141 cm³/mol. The van der Waals surface area contributed by atoms with Crippen LogP contribution in [0.1, 0.15) is 26.3 Å². The highest BCUT2D eigenvalue weighted by molar-refractivity contribution is 6.30. The fraction of sp³-hybridized carbons (Fsp3) is 0.179. The molecule has 0 spiro atoms. The predicted octanol–water partition coefficient (Wildman–Crippen LogP) is 6.77. The standard InChI is InChI=1S/C28H24ClN3O3/c1-28(2,3)17-34-23-13-12-20(29)14-19(23)16-30-32-26(25-15-18-8-4-7-11-24(18)35-25)31-22-10-6-5-9-21(22)27(32)33/h4-16H,17H2,1-3H3. The Morgan fingerprint density at radius 3 is 2.63 bits per heavy atom. The number of para-hydroxylation sites is 2. The number of hydrogen-bond donors (Lipinski definition) is 0. The normalized spacial score (nSPS) is 12.1. The molecule has 5 rings (SSSR count). The molecule has 0 aliphatic rings. The Hall–Kier alpha value is -3.90. The zero-order valence-corrected chi connectivity index (χ0v) is 20.4. The lowest BCUT2D eigenvalue weighted by atomic mass is 9.99. The second-order valence-corrected chi connectivity index (χ2v) is 9.93. The van der Waals surface area contributed by atoms with Gasteiger partial charge in [0, 0.05) is 16.0 Å². The molecule has 2 heterocycles. The van der Waals surface area contributed by atoms with E-state index in [0.29, 0.717) is 51.0 Å². The molecule has 0 unspecified atom stereocenters. The van der Waals surface area contributed by atoms with Gasteiger partial charge < -0.3 is 9.15 Å². The summed E-state index contributed by atoms with van der Waals surface area (Å²) in [7, 11) is 0. The summed E-state index contributed by atoms with van der Waals surface area (Å²) in [6.07, 6.45) is 1.56. The smallest absolute Gasteiger partial charge is 0.282 e. The molecule has 7 heteroatoms. The first-order chi connectivity index (χ1) is 16.8. The van der Waals surface area contributed by atoms with Crippen LogP contribution in [0.4, 0.5) is 0 Å². The number of aromatic nitrogens is 2. The zero-order chi connectivity index (χ0) is 24.6. The van der Waals surface area contributed by atoms with Gasteiger partial charge in [0.1, 0.15) is 11.3 Å². The maximum atomic E-state index is 13.5. The minimum absolute atomic E-state index is 0.0261. The van der Waals surface area contributed by atoms with E-state index in [4.69, 9.17) is 25.7 Å². The van der Waals surface area contributed by atoms with Crippen LogP contribution >= 0.6 is 11.6 Å². The molecule has 0 fully saturated rings. The first kappa shape index (κ1) is 22.9. The summed E-state index contributed by atoms with van der Waals surface area (Å²) < 4.78 is 13.3. The first-order valence-electron chi connectivity index (χ1n) is 11.3. The highest BCUT2D eigenvalue weighted by atomic mass is 35.5. The van der Waals surface area contributed by atoms with Crippen LogP contribution in [0.3, 0.4) is 0 Å². The van der Waals surface area contributed by atoms with Crippen molar-refractivity contribution >= 4 is 39.7 Å². The van der Waals surface area contributed by atoms with Crippen LogP contribution in [-0.2, 0) is 0 Å². The lowest BCUT2D eigenvalue weighted by molar-refractivity contribution is 0.197. The second kappa shape index (κ2) is 9.04. The quantitative estimate of drug-likeness (QED) is 0.257. The van der Waals surface area contributed by atoms with Crippen molar-refractivity contribution in [3.05, 3.63) is 93.7 Å². The number of hydrogen-bond acceptors (Lipinski definition) is 5. The molecular formula is C28H24ClN3O3. The van der Waals surface area contributed by atoms with Crippen molar-refractivity contribution in [2.75, 3.05) is 6.61 Å². The first-order valence-corrected chi connectivity index (χ1v) is 11.6. The maximum absolute atomic E-state index is 13.5. The van der Waals surface area contributed by atoms with Gasteiger partial charge in [-0.3, -0.25) is 4.79 Å². The van der Waals surface area contributed by atoms with Crippen molar-refractivity contribution in [2.45, 2.75) is 20.8 Å². The molecule has 0 aliphatic heterocycles. The molecule has 176 valence electrons. The van der Waals surface area contributed by atoms with E-state index in [-0.39, 0.29) is 11.0 Å². The Balaban J connectivity index is 1.65. The van der Waals surface area contributed by atoms with Crippen LogP contribution in [0.15, 0.2) is 87.1 Å². The molecule has 0 saturated heterocycles. The molecule has 0 aliphatic carbocycles. The third-order valence-corrected chi connectivity index (χ3v) is 5.58. The van der Waals surface area contributed by atoms with Gasteiger partial charge >= 0.3 is 0 Å². The summed E-state index contributed by atoms with van der Waals surface area (Å²) in [6.45, 7) is 6.79. The van der Waals surface area contributed by atoms with E-state index in [1.165, 1.54) is 4.68 Å². The van der Waals surface area contributed by atoms with E-state index in [1.807, 2.05) is 36.4 Å². The Kier molecular flexibility index (Phi) is 5.91. The number of benzene rings is 3. The highest BCUT2D eigenvalue weighted by Crippen LogP contribution is 2.28. The number of nitrogens with zero attached hydrogens (tertiary/aromatic N) is 3. The number of fused-ring (bicyclic) bond motifs is 2. The van der Waals surface area contributed by atoms with Gasteiger partial charge in [0.05, 0.1) is 23.7 Å². The summed E-state index contributed by atoms with van der Waals surface area (Å²) >= 11 is 6.26. The molecule has 2 aromatic heterocycles. The van der Waals surface area contributed by atoms with Gasteiger partial charge in [0.2, 0.25) is 5.82 Å². The maximum Gasteiger partial charge on any atom is 0.282 e. The Morgan fingerprint density at radius 1 is 1.06 bits per heavy atom. The van der Waals surface area contributed by atoms with Gasteiger partial charge in [-0.15, -0.1) is 0 Å². The van der Waals surface area contributed by atoms with Gasteiger partial charge in [-0.25, -0.2) is 4.98 Å². The Morgan fingerprint density at radius 2 is 1.83 bits per heavy atom. The van der Waals surface area contributed by atoms with E-state index < -0.39 is 0 Å². The van der Waals surface area contributed by atoms with Crippen LogP contribution in [0.2, 0.25) is 5.02 Å². The van der Waals surface area contributed by atoms with E-state index in [1.54, 1.807) is 42.6 Å². The summed E-state index contributed by atoms with van der Waals surface area (Å²) in [5, 5.41) is 6.44. The molecule has 35 heavy (non-hydrogen) atoms. The molecule has 0 bridgehead atoms. The summed E-state index contributed by atoms with van der Waals surface area (Å²) in [5.41, 5.74) is 1.59. The largest absolute Gasteiger partial charge is 0.492 e. The summed E-state index contributed by atoms with van der Waals surface area (Å²) in [5.74, 6) is 1.38. The van der Waals surface area contributed by atoms with Crippen LogP contribution in [0, 0.1) is 5.41 Å². The van der Waals surface area contributed by atoms with Crippen LogP contribution < -0.4 is 10.3 Å². The molecule has 0 atom stereocenters. The van der Waals surface area contributed by atoms with Crippen molar-refractivity contribution < 1.29 is 9.15 Å². The number of ether oxygens (including phenoxy) is 1. The van der Waals surface area contributed by atoms with Crippen LogP contribution in [0.25, 0.3) is 33.5 Å². The average molecular weight is 486 g/mol. The van der Waals surface area contributed by atoms with Gasteiger partial charge in [-0.05, 0) is 47.9 Å². The fourth-order valence-electron chi connectivity index (χ4n) is 3.65. The highest BCUT2D eigenvalue weighted by Gasteiger charge is 2.17. The molecule has 0 radical (unpaired) electrons. The Labute approximate surface area is 207 Å². The van der Waals surface area contributed by atoms with Gasteiger partial charge in [0.25, 0.3) is 5.56 Å². The number of halogens is 1. The minimum atomic E-state index is -0.304. The van der Waals surface area contributed by atoms with E-state index >= 15 is 0 Å². The second-order valence-electron chi connectivity index (χ2n) is 9.49. The van der Waals surface area contributed by atoms with Crippen molar-refractivity contribution in [2.24, 2.45) is 10.5 Å². The van der Waals surface area contributed by atoms with E-state index in [2.05, 4.69) is 25.9 Å². The summed E-state index contributed by atoms with van der Waals surface area (Å²) in [6, 6.07) is 22.0. The van der Waals surface area contributed by atoms with Crippen molar-refractivity contribution in [3.63, 3.8) is 0 Å². The SMILES string of the molecule is CC(C)(C)COc1ccc(Cl)cc1C=Nn1c(-c2cc3ccccc3o2)nc2ccccc2c1=O. The molecular weight excluding hydrogens is 462 g/mol. The molecule has 0 saturated carbocycles. The third kappa shape index (κ3) is 4.84. The fourth-order valence-corrected chi connectivity index (χ4v) is 3.83. The molecule has 0 amide bonds. The lowest BCUT2D eigenvalue weighted by Crippen LogP contribution is -2.20. The van der Waals surface area contributed by atoms with Crippen LogP contribution in [0.5, 0.6) is 5.75 Å². The summed E-state index contributed by atoms with van der Waals surface area (Å²) in [4.78, 5) is 18.2. The minimum Gasteiger partial charge on any atom is -0.492 e. The van der Waals surface area contributed by atoms with E-state index in [0.717, 1.165) is 5.39 Å². The van der Waals surface area contributed by atoms with Crippen molar-refractivity contribution in [1.29, 1.82) is 0 Å². The Bertz CT molecular complexity index is 1590. The topological polar surface area (TPSA) is 69.6 Å². The van der Waals surface area contributed by atoms with Crippen molar-refractivity contribution in [1.82, 2.24) is 9.66 Å². The van der Waals surface area contributed by atoms with Crippen LogP contribution in [-0.4, -0.2) is 22.5 Å². The average Bonchev–Trinajstić information content (AvgIpc) is 3.26. The van der Waals surface area contributed by atoms with Crippen molar-refractivity contribution in [3.8, 4) is 17.3 Å². The number of furan rings is 1. The molecule has 6 nitrogen and oxygen atoms in total. The molecule has 3 aromatic carbocycles. The molecule has 5 aromatic rings. The molecule has 0 N–H and O–H groups in total. The number of rotatable bonds is 5. The third-order valence-electron chi connectivity index (χ3n) is 5.34. The monoisotopic (exact) mass is 485 g/mol.